The summed E-state index contributed by atoms with van der Waals surface area (Å²) in [6, 6.07) is 0. The van der Waals surface area contributed by atoms with Crippen LogP contribution in [0.15, 0.2) is 0 Å². The van der Waals surface area contributed by atoms with Crippen LogP contribution >= 0.6 is 0 Å². The Morgan fingerprint density at radius 1 is 1.43 bits per heavy atom. The van der Waals surface area contributed by atoms with Gasteiger partial charge in [0.2, 0.25) is 0 Å². The van der Waals surface area contributed by atoms with Crippen molar-refractivity contribution in [1.29, 1.82) is 0 Å². The molecular formula is C2H4O4Zn. The van der Waals surface area contributed by atoms with Crippen molar-refractivity contribution in [3.8, 4) is 0 Å². The maximum atomic E-state index is 9.20. The van der Waals surface area contributed by atoms with Gasteiger partial charge in [0, 0.05) is 19.5 Å². The normalized spacial score (nSPS) is 7.86. The number of carboxylic acid groups (broad SMARTS) is 1. The summed E-state index contributed by atoms with van der Waals surface area (Å²) in [5.74, 6) is -1.63. The molecule has 4 nitrogen and oxygen atoms in total. The number of aliphatic hydroxyl groups is 2. The number of carboxylic acids is 1. The molecule has 0 rings (SSSR count). The fraction of sp³-hybridized carbons (Fsp3) is 0.500. The molecule has 0 aromatic carbocycles. The molecule has 7 heavy (non-hydrogen) atoms. The summed E-state index contributed by atoms with van der Waals surface area (Å²) in [7, 11) is 0. The van der Waals surface area contributed by atoms with E-state index in [1.165, 1.54) is 0 Å². The first-order valence-electron chi connectivity index (χ1n) is 1.23. The second kappa shape index (κ2) is 4.18. The zero-order valence-corrected chi connectivity index (χ0v) is 6.50. The number of rotatable bonds is 1. The van der Waals surface area contributed by atoms with E-state index in [1.807, 2.05) is 0 Å². The maximum absolute atomic E-state index is 9.20. The molecule has 0 unspecified atom stereocenters. The molecule has 0 aliphatic heterocycles. The van der Waals surface area contributed by atoms with Crippen LogP contribution in [0.3, 0.4) is 0 Å². The minimum absolute atomic E-state index is 0. The predicted octanol–water partition coefficient (Wildman–Crippen LogP) is -1.62. The van der Waals surface area contributed by atoms with Gasteiger partial charge >= 0.3 is 5.97 Å². The quantitative estimate of drug-likeness (QED) is 0.316. The second-order valence-electron chi connectivity index (χ2n) is 0.712. The average Bonchev–Trinajstić information content (AvgIpc) is 1.36. The van der Waals surface area contributed by atoms with E-state index in [1.54, 1.807) is 0 Å². The van der Waals surface area contributed by atoms with Crippen molar-refractivity contribution in [1.82, 2.24) is 0 Å². The topological polar surface area (TPSA) is 77.8 Å². The van der Waals surface area contributed by atoms with E-state index in [0.717, 1.165) is 0 Å². The number of hydrogen-bond donors (Lipinski definition) is 3. The molecule has 0 aliphatic rings. The Labute approximate surface area is 52.5 Å². The van der Waals surface area contributed by atoms with Crippen molar-refractivity contribution in [3.05, 3.63) is 0 Å². The Kier molecular flexibility index (Phi) is 6.02. The van der Waals surface area contributed by atoms with Crippen molar-refractivity contribution in [2.45, 2.75) is 6.29 Å². The molecule has 0 atom stereocenters. The van der Waals surface area contributed by atoms with Crippen molar-refractivity contribution < 1.29 is 39.6 Å². The predicted molar refractivity (Wildman–Crippen MR) is 15.9 cm³/mol. The fourth-order valence-electron chi connectivity index (χ4n) is 0. The smallest absolute Gasteiger partial charge is 0.360 e. The SMILES string of the molecule is O=C(O)C(O)O.[Zn]. The molecule has 0 amide bonds. The van der Waals surface area contributed by atoms with Gasteiger partial charge in [0.05, 0.1) is 0 Å². The molecule has 5 heteroatoms. The third kappa shape index (κ3) is 6.01. The molecule has 0 aromatic heterocycles. The van der Waals surface area contributed by atoms with E-state index in [2.05, 4.69) is 0 Å². The molecule has 0 radical (unpaired) electrons. The number of aliphatic carboxylic acids is 1. The third-order valence-electron chi connectivity index (χ3n) is 0.221. The van der Waals surface area contributed by atoms with Crippen LogP contribution in [0.25, 0.3) is 0 Å². The van der Waals surface area contributed by atoms with Gasteiger partial charge in [-0.1, -0.05) is 0 Å². The molecule has 0 aliphatic carbocycles. The first-order valence-corrected chi connectivity index (χ1v) is 1.23. The van der Waals surface area contributed by atoms with E-state index < -0.39 is 12.3 Å². The Balaban J connectivity index is 0. The molecule has 0 saturated carbocycles. The summed E-state index contributed by atoms with van der Waals surface area (Å²) in [5.41, 5.74) is 0. The summed E-state index contributed by atoms with van der Waals surface area (Å²) in [6.45, 7) is 0. The molecule has 3 N–H and O–H groups in total. The minimum atomic E-state index is -2.23. The van der Waals surface area contributed by atoms with Crippen molar-refractivity contribution in [3.63, 3.8) is 0 Å². The second-order valence-corrected chi connectivity index (χ2v) is 0.712. The van der Waals surface area contributed by atoms with Crippen LogP contribution in [-0.4, -0.2) is 27.6 Å². The van der Waals surface area contributed by atoms with Gasteiger partial charge in [0.15, 0.2) is 0 Å². The number of carbonyl (C=O) groups is 1. The summed E-state index contributed by atoms with van der Waals surface area (Å²) >= 11 is 0. The van der Waals surface area contributed by atoms with E-state index >= 15 is 0 Å². The van der Waals surface area contributed by atoms with Crippen LogP contribution in [0.2, 0.25) is 0 Å². The summed E-state index contributed by atoms with van der Waals surface area (Å²) in [6.07, 6.45) is -2.23. The van der Waals surface area contributed by atoms with Crippen LogP contribution in [0.4, 0.5) is 0 Å². The van der Waals surface area contributed by atoms with E-state index in [-0.39, 0.29) is 19.5 Å². The molecule has 0 bridgehead atoms. The van der Waals surface area contributed by atoms with Gasteiger partial charge in [0.25, 0.3) is 6.29 Å². The van der Waals surface area contributed by atoms with Crippen molar-refractivity contribution in [2.75, 3.05) is 0 Å². The Hall–Kier alpha value is 0.0134. The minimum Gasteiger partial charge on any atom is -0.477 e. The molecule has 38 valence electrons. The van der Waals surface area contributed by atoms with E-state index in [0.29, 0.717) is 0 Å². The van der Waals surface area contributed by atoms with Gasteiger partial charge in [-0.3, -0.25) is 0 Å². The van der Waals surface area contributed by atoms with Gasteiger partial charge in [-0.15, -0.1) is 0 Å². The maximum Gasteiger partial charge on any atom is 0.360 e. The fourth-order valence-corrected chi connectivity index (χ4v) is 0. The molecular weight excluding hydrogens is 153 g/mol. The molecule has 0 aromatic rings. The molecule has 0 fully saturated rings. The van der Waals surface area contributed by atoms with Gasteiger partial charge in [-0.2, -0.15) is 0 Å². The standard InChI is InChI=1S/C2H4O4.Zn/c3-1(4)2(5)6;/h1,3-4H,(H,5,6);. The van der Waals surface area contributed by atoms with Crippen molar-refractivity contribution in [2.24, 2.45) is 0 Å². The Morgan fingerprint density at radius 2 is 1.57 bits per heavy atom. The average molecular weight is 157 g/mol. The van der Waals surface area contributed by atoms with Crippen molar-refractivity contribution >= 4 is 5.97 Å². The first kappa shape index (κ1) is 10.1. The summed E-state index contributed by atoms with van der Waals surface area (Å²) in [4.78, 5) is 9.20. The molecule has 0 heterocycles. The Morgan fingerprint density at radius 3 is 1.57 bits per heavy atom. The number of aliphatic hydroxyl groups excluding tert-OH is 1. The van der Waals surface area contributed by atoms with Crippen LogP contribution < -0.4 is 0 Å². The molecule has 0 saturated heterocycles. The zero-order valence-electron chi connectivity index (χ0n) is 3.53. The monoisotopic (exact) mass is 156 g/mol. The summed E-state index contributed by atoms with van der Waals surface area (Å²) in [5, 5.41) is 22.7. The third-order valence-corrected chi connectivity index (χ3v) is 0.221. The van der Waals surface area contributed by atoms with Gasteiger partial charge in [-0.05, 0) is 0 Å². The number of hydrogen-bond acceptors (Lipinski definition) is 3. The first-order chi connectivity index (χ1) is 2.64. The zero-order chi connectivity index (χ0) is 5.15. The van der Waals surface area contributed by atoms with Gasteiger partial charge in [-0.25, -0.2) is 4.79 Å². The van der Waals surface area contributed by atoms with E-state index in [9.17, 15) is 4.79 Å². The molecule has 0 spiro atoms. The van der Waals surface area contributed by atoms with Gasteiger partial charge < -0.3 is 15.3 Å². The Bertz CT molecular complexity index is 60.7. The van der Waals surface area contributed by atoms with Crippen LogP contribution in [0.1, 0.15) is 0 Å². The van der Waals surface area contributed by atoms with Crippen LogP contribution in [0, 0.1) is 0 Å². The summed E-state index contributed by atoms with van der Waals surface area (Å²) < 4.78 is 0. The largest absolute Gasteiger partial charge is 0.477 e. The van der Waals surface area contributed by atoms with Crippen LogP contribution in [-0.2, 0) is 24.3 Å². The van der Waals surface area contributed by atoms with Crippen LogP contribution in [0.5, 0.6) is 0 Å². The van der Waals surface area contributed by atoms with E-state index in [4.69, 9.17) is 15.3 Å². The van der Waals surface area contributed by atoms with Gasteiger partial charge in [0.1, 0.15) is 0 Å².